The van der Waals surface area contributed by atoms with Gasteiger partial charge < -0.3 is 4.74 Å². The average Bonchev–Trinajstić information content (AvgIpc) is 2.24. The summed E-state index contributed by atoms with van der Waals surface area (Å²) in [6.07, 6.45) is -34.7. The summed E-state index contributed by atoms with van der Waals surface area (Å²) in [5.74, 6) is -12.8. The SMILES string of the molecule is FC(F)C(F)(F)[C@@H](O[C@@H](C(F)(F)F)C(F)(F)C(F)F)C(F)(F)F. The van der Waals surface area contributed by atoms with E-state index in [1.54, 1.807) is 0 Å². The Hall–Kier alpha value is -1.02. The fourth-order valence-electron chi connectivity index (χ4n) is 1.14. The highest BCUT2D eigenvalue weighted by atomic mass is 19.4. The molecule has 0 aliphatic rings. The Morgan fingerprint density at radius 1 is 0.478 bits per heavy atom. The highest BCUT2D eigenvalue weighted by molar-refractivity contribution is 4.93. The van der Waals surface area contributed by atoms with Crippen LogP contribution in [0.2, 0.25) is 0 Å². The summed E-state index contributed by atoms with van der Waals surface area (Å²) in [6, 6.07) is 0. The van der Waals surface area contributed by atoms with Crippen molar-refractivity contribution in [1.29, 1.82) is 0 Å². The van der Waals surface area contributed by atoms with Crippen LogP contribution in [0, 0.1) is 0 Å². The molecule has 0 saturated carbocycles. The maximum Gasteiger partial charge on any atom is 0.420 e. The molecule has 0 radical (unpaired) electrons. The highest BCUT2D eigenvalue weighted by Crippen LogP contribution is 2.45. The molecule has 0 unspecified atom stereocenters. The van der Waals surface area contributed by atoms with Crippen LogP contribution in [0.1, 0.15) is 0 Å². The molecule has 0 amide bonds. The Bertz CT molecular complexity index is 345. The van der Waals surface area contributed by atoms with E-state index in [9.17, 15) is 61.5 Å². The van der Waals surface area contributed by atoms with E-state index in [1.807, 2.05) is 0 Å². The zero-order chi connectivity index (χ0) is 19.0. The third-order valence-electron chi connectivity index (χ3n) is 2.15. The Morgan fingerprint density at radius 2 is 0.696 bits per heavy atom. The Balaban J connectivity index is 5.94. The van der Waals surface area contributed by atoms with Crippen molar-refractivity contribution < 1.29 is 66.2 Å². The molecule has 2 atom stereocenters. The summed E-state index contributed by atoms with van der Waals surface area (Å²) in [7, 11) is 0. The minimum Gasteiger partial charge on any atom is -0.344 e. The van der Waals surface area contributed by atoms with E-state index in [0.29, 0.717) is 0 Å². The van der Waals surface area contributed by atoms with E-state index in [2.05, 4.69) is 4.74 Å². The Morgan fingerprint density at radius 3 is 0.826 bits per heavy atom. The fraction of sp³-hybridized carbons (Fsp3) is 1.00. The molecule has 0 spiro atoms. The number of alkyl halides is 14. The van der Waals surface area contributed by atoms with Gasteiger partial charge in [-0.1, -0.05) is 0 Å². The molecule has 0 rings (SSSR count). The van der Waals surface area contributed by atoms with Crippen LogP contribution in [0.3, 0.4) is 0 Å². The third kappa shape index (κ3) is 4.97. The van der Waals surface area contributed by atoms with Crippen molar-refractivity contribution in [2.45, 2.75) is 49.3 Å². The van der Waals surface area contributed by atoms with Crippen LogP contribution >= 0.6 is 0 Å². The minimum atomic E-state index is -6.69. The van der Waals surface area contributed by atoms with Crippen molar-refractivity contribution in [3.63, 3.8) is 0 Å². The molecule has 0 aliphatic carbocycles. The van der Waals surface area contributed by atoms with Crippen LogP contribution in [0.15, 0.2) is 0 Å². The normalized spacial score (nSPS) is 17.7. The van der Waals surface area contributed by atoms with Crippen molar-refractivity contribution in [3.8, 4) is 0 Å². The van der Waals surface area contributed by atoms with Crippen LogP contribution in [0.25, 0.3) is 0 Å². The van der Waals surface area contributed by atoms with Crippen molar-refractivity contribution in [2.75, 3.05) is 0 Å². The van der Waals surface area contributed by atoms with Gasteiger partial charge in [0.1, 0.15) is 0 Å². The molecule has 0 heterocycles. The van der Waals surface area contributed by atoms with Crippen molar-refractivity contribution in [3.05, 3.63) is 0 Å². The first-order chi connectivity index (χ1) is 9.86. The molecule has 0 aromatic carbocycles. The average molecular weight is 382 g/mol. The lowest BCUT2D eigenvalue weighted by Gasteiger charge is -2.34. The van der Waals surface area contributed by atoms with Gasteiger partial charge >= 0.3 is 37.0 Å². The number of hydrogen-bond donors (Lipinski definition) is 0. The van der Waals surface area contributed by atoms with Crippen molar-refractivity contribution >= 4 is 0 Å². The lowest BCUT2D eigenvalue weighted by atomic mass is 10.1. The van der Waals surface area contributed by atoms with Gasteiger partial charge in [-0.3, -0.25) is 0 Å². The zero-order valence-corrected chi connectivity index (χ0v) is 10.0. The number of ether oxygens (including phenoxy) is 1. The molecule has 0 saturated heterocycles. The Kier molecular flexibility index (Phi) is 6.18. The summed E-state index contributed by atoms with van der Waals surface area (Å²) in [5, 5.41) is 0. The molecule has 0 bridgehead atoms. The van der Waals surface area contributed by atoms with Crippen molar-refractivity contribution in [1.82, 2.24) is 0 Å². The van der Waals surface area contributed by atoms with Gasteiger partial charge in [0.2, 0.25) is 12.2 Å². The van der Waals surface area contributed by atoms with E-state index in [0.717, 1.165) is 0 Å². The summed E-state index contributed by atoms with van der Waals surface area (Å²) >= 11 is 0. The number of hydrogen-bond acceptors (Lipinski definition) is 1. The second-order valence-corrected chi connectivity index (χ2v) is 3.93. The van der Waals surface area contributed by atoms with Gasteiger partial charge in [-0.15, -0.1) is 0 Å². The van der Waals surface area contributed by atoms with E-state index >= 15 is 0 Å². The van der Waals surface area contributed by atoms with Gasteiger partial charge in [0, 0.05) is 0 Å². The molecule has 0 fully saturated rings. The standard InChI is InChI=1S/C8H4F14O/c9-3(10)5(13,14)1(7(17,18)19)23-2(8(20,21)22)6(15,16)4(11)12/h1-4H/t1-,2-/m1/s1. The van der Waals surface area contributed by atoms with Crippen LogP contribution in [-0.4, -0.2) is 49.3 Å². The van der Waals surface area contributed by atoms with Gasteiger partial charge in [-0.25, -0.2) is 17.6 Å². The molecule has 0 aromatic rings. The van der Waals surface area contributed by atoms with Crippen LogP contribution in [0.4, 0.5) is 61.5 Å². The molecule has 1 nitrogen and oxygen atoms in total. The van der Waals surface area contributed by atoms with E-state index in [4.69, 9.17) is 0 Å². The molecule has 140 valence electrons. The van der Waals surface area contributed by atoms with E-state index in [-0.39, 0.29) is 0 Å². The smallest absolute Gasteiger partial charge is 0.344 e. The zero-order valence-electron chi connectivity index (χ0n) is 10.0. The molecular formula is C8H4F14O. The predicted molar refractivity (Wildman–Crippen MR) is 42.7 cm³/mol. The van der Waals surface area contributed by atoms with Gasteiger partial charge in [0.15, 0.2) is 0 Å². The monoisotopic (exact) mass is 382 g/mol. The first-order valence-electron chi connectivity index (χ1n) is 4.97. The third-order valence-corrected chi connectivity index (χ3v) is 2.15. The van der Waals surface area contributed by atoms with Gasteiger partial charge in [-0.05, 0) is 0 Å². The molecular weight excluding hydrogens is 378 g/mol. The summed E-state index contributed by atoms with van der Waals surface area (Å²) in [6.45, 7) is 0. The quantitative estimate of drug-likeness (QED) is 0.607. The van der Waals surface area contributed by atoms with E-state index in [1.165, 1.54) is 0 Å². The van der Waals surface area contributed by atoms with Gasteiger partial charge in [0.25, 0.3) is 0 Å². The fourth-order valence-corrected chi connectivity index (χ4v) is 1.14. The molecule has 23 heavy (non-hydrogen) atoms. The molecule has 0 aliphatic heterocycles. The lowest BCUT2D eigenvalue weighted by molar-refractivity contribution is -0.378. The maximum absolute atomic E-state index is 12.6. The first kappa shape index (κ1) is 22.0. The summed E-state index contributed by atoms with van der Waals surface area (Å²) < 4.78 is 173. The van der Waals surface area contributed by atoms with Gasteiger partial charge in [0.05, 0.1) is 0 Å². The largest absolute Gasteiger partial charge is 0.420 e. The number of rotatable bonds is 6. The second kappa shape index (κ2) is 6.47. The minimum absolute atomic E-state index is 2.32. The highest BCUT2D eigenvalue weighted by Gasteiger charge is 2.69. The lowest BCUT2D eigenvalue weighted by Crippen LogP contribution is -2.59. The number of halogens is 14. The Labute approximate surface area is 117 Å². The van der Waals surface area contributed by atoms with E-state index < -0.39 is 49.3 Å². The summed E-state index contributed by atoms with van der Waals surface area (Å²) in [5.41, 5.74) is 0. The molecule has 0 N–H and O–H groups in total. The van der Waals surface area contributed by atoms with Crippen LogP contribution in [-0.2, 0) is 4.74 Å². The second-order valence-electron chi connectivity index (χ2n) is 3.93. The van der Waals surface area contributed by atoms with Gasteiger partial charge in [-0.2, -0.15) is 43.9 Å². The first-order valence-corrected chi connectivity index (χ1v) is 4.97. The van der Waals surface area contributed by atoms with Crippen molar-refractivity contribution in [2.24, 2.45) is 0 Å². The summed E-state index contributed by atoms with van der Waals surface area (Å²) in [4.78, 5) is 0. The van der Waals surface area contributed by atoms with Crippen LogP contribution in [0.5, 0.6) is 0 Å². The van der Waals surface area contributed by atoms with Crippen LogP contribution < -0.4 is 0 Å². The maximum atomic E-state index is 12.6. The predicted octanol–water partition coefficient (Wildman–Crippen LogP) is 4.67. The topological polar surface area (TPSA) is 9.23 Å². The molecule has 15 heteroatoms. The molecule has 0 aromatic heterocycles.